The molecule has 2 amide bonds. The van der Waals surface area contributed by atoms with Crippen molar-refractivity contribution in [2.24, 2.45) is 0 Å². The highest BCUT2D eigenvalue weighted by Crippen LogP contribution is 2.18. The lowest BCUT2D eigenvalue weighted by Crippen LogP contribution is -2.51. The molecule has 0 bridgehead atoms. The van der Waals surface area contributed by atoms with Gasteiger partial charge in [-0.25, -0.2) is 0 Å². The van der Waals surface area contributed by atoms with Crippen LogP contribution in [0.5, 0.6) is 0 Å². The molecule has 0 atom stereocenters. The Labute approximate surface area is 139 Å². The minimum Gasteiger partial charge on any atom is -0.352 e. The smallest absolute Gasteiger partial charge is 0.254 e. The molecule has 2 aliphatic rings. The zero-order valence-corrected chi connectivity index (χ0v) is 13.4. The molecule has 1 aliphatic carbocycles. The minimum absolute atomic E-state index is 0.00184. The van der Waals surface area contributed by atoms with E-state index < -0.39 is 0 Å². The van der Waals surface area contributed by atoms with Crippen LogP contribution in [0.2, 0.25) is 0 Å². The Balaban J connectivity index is 1.32. The van der Waals surface area contributed by atoms with Gasteiger partial charge in [-0.05, 0) is 31.0 Å². The highest BCUT2D eigenvalue weighted by Gasteiger charge is 2.26. The zero-order chi connectivity index (χ0) is 16.5. The Morgan fingerprint density at radius 3 is 2.62 bits per heavy atom. The van der Waals surface area contributed by atoms with E-state index in [2.05, 4.69) is 25.6 Å². The third-order valence-electron chi connectivity index (χ3n) is 4.53. The van der Waals surface area contributed by atoms with E-state index in [0.717, 1.165) is 31.4 Å². The molecule has 2 heterocycles. The van der Waals surface area contributed by atoms with Gasteiger partial charge in [0.05, 0.1) is 6.54 Å². The maximum absolute atomic E-state index is 12.6. The maximum atomic E-state index is 12.6. The fourth-order valence-corrected chi connectivity index (χ4v) is 2.97. The van der Waals surface area contributed by atoms with E-state index in [1.54, 1.807) is 18.2 Å². The number of fused-ring (bicyclic) bond motifs is 1. The van der Waals surface area contributed by atoms with Crippen LogP contribution in [0.25, 0.3) is 11.0 Å². The Morgan fingerprint density at radius 1 is 1.12 bits per heavy atom. The lowest BCUT2D eigenvalue weighted by Gasteiger charge is -2.34. The minimum atomic E-state index is 0.00184. The van der Waals surface area contributed by atoms with Crippen LogP contribution < -0.4 is 5.32 Å². The van der Waals surface area contributed by atoms with Gasteiger partial charge in [0.25, 0.3) is 5.91 Å². The second kappa shape index (κ2) is 6.20. The molecule has 2 aromatic rings. The first-order valence-corrected chi connectivity index (χ1v) is 8.30. The predicted octanol–water partition coefficient (Wildman–Crippen LogP) is -0.00570. The molecule has 2 N–H and O–H groups in total. The largest absolute Gasteiger partial charge is 0.352 e. The van der Waals surface area contributed by atoms with Crippen LogP contribution in [-0.4, -0.2) is 75.8 Å². The summed E-state index contributed by atoms with van der Waals surface area (Å²) < 4.78 is 0. The molecule has 8 nitrogen and oxygen atoms in total. The maximum Gasteiger partial charge on any atom is 0.254 e. The fourth-order valence-electron chi connectivity index (χ4n) is 2.97. The third kappa shape index (κ3) is 3.23. The zero-order valence-electron chi connectivity index (χ0n) is 13.4. The molecule has 1 aromatic carbocycles. The topological polar surface area (TPSA) is 94.2 Å². The molecule has 0 radical (unpaired) electrons. The highest BCUT2D eigenvalue weighted by atomic mass is 16.2. The number of amides is 2. The molecule has 1 aromatic heterocycles. The summed E-state index contributed by atoms with van der Waals surface area (Å²) in [4.78, 5) is 28.4. The van der Waals surface area contributed by atoms with Crippen LogP contribution in [0.3, 0.4) is 0 Å². The number of H-pyrrole nitrogens is 1. The van der Waals surface area contributed by atoms with Gasteiger partial charge in [0.1, 0.15) is 11.0 Å². The molecule has 126 valence electrons. The number of hydrogen-bond acceptors (Lipinski definition) is 5. The quantitative estimate of drug-likeness (QED) is 0.823. The molecular weight excluding hydrogens is 308 g/mol. The summed E-state index contributed by atoms with van der Waals surface area (Å²) in [6.45, 7) is 3.12. The lowest BCUT2D eigenvalue weighted by atomic mass is 10.1. The summed E-state index contributed by atoms with van der Waals surface area (Å²) in [5.41, 5.74) is 2.06. The van der Waals surface area contributed by atoms with Gasteiger partial charge in [0.2, 0.25) is 5.91 Å². The van der Waals surface area contributed by atoms with E-state index in [9.17, 15) is 9.59 Å². The summed E-state index contributed by atoms with van der Waals surface area (Å²) in [6.07, 6.45) is 2.20. The monoisotopic (exact) mass is 328 g/mol. The van der Waals surface area contributed by atoms with Crippen LogP contribution in [-0.2, 0) is 4.79 Å². The Kier molecular flexibility index (Phi) is 3.89. The number of nitrogens with zero attached hydrogens (tertiary/aromatic N) is 4. The lowest BCUT2D eigenvalue weighted by molar-refractivity contribution is -0.122. The molecule has 1 saturated carbocycles. The van der Waals surface area contributed by atoms with Gasteiger partial charge in [0, 0.05) is 37.8 Å². The number of benzene rings is 1. The Bertz CT molecular complexity index is 761. The highest BCUT2D eigenvalue weighted by molar-refractivity contribution is 5.97. The van der Waals surface area contributed by atoms with Crippen molar-refractivity contribution in [3.63, 3.8) is 0 Å². The van der Waals surface area contributed by atoms with Crippen LogP contribution >= 0.6 is 0 Å². The van der Waals surface area contributed by atoms with E-state index in [1.165, 1.54) is 0 Å². The van der Waals surface area contributed by atoms with E-state index in [1.807, 2.05) is 4.90 Å². The molecule has 1 saturated heterocycles. The molecule has 0 spiro atoms. The van der Waals surface area contributed by atoms with Crippen LogP contribution in [0.4, 0.5) is 0 Å². The van der Waals surface area contributed by atoms with Crippen LogP contribution in [0.1, 0.15) is 23.2 Å². The first-order valence-electron chi connectivity index (χ1n) is 8.30. The summed E-state index contributed by atoms with van der Waals surface area (Å²) in [5, 5.41) is 13.6. The van der Waals surface area contributed by atoms with Crippen molar-refractivity contribution in [3.05, 3.63) is 23.8 Å². The number of carbonyl (C=O) groups excluding carboxylic acids is 2. The molecule has 0 unspecified atom stereocenters. The standard InChI is InChI=1S/C16H20N6O2/c23-15(17-12-2-3-12)10-21-5-7-22(8-6-21)16(24)11-1-4-13-14(9-11)19-20-18-13/h1,4,9,12H,2-3,5-8,10H2,(H,17,23)(H,18,19,20). The second-order valence-corrected chi connectivity index (χ2v) is 6.44. The van der Waals surface area contributed by atoms with Crippen molar-refractivity contribution in [1.82, 2.24) is 30.5 Å². The summed E-state index contributed by atoms with van der Waals surface area (Å²) in [5.74, 6) is 0.0933. The van der Waals surface area contributed by atoms with Gasteiger partial charge in [0.15, 0.2) is 0 Å². The van der Waals surface area contributed by atoms with Gasteiger partial charge >= 0.3 is 0 Å². The molecule has 1 aliphatic heterocycles. The number of hydrogen-bond donors (Lipinski definition) is 2. The number of piperazine rings is 1. The van der Waals surface area contributed by atoms with Crippen LogP contribution in [0.15, 0.2) is 18.2 Å². The van der Waals surface area contributed by atoms with Gasteiger partial charge < -0.3 is 10.2 Å². The Hall–Kier alpha value is -2.48. The number of nitrogens with one attached hydrogen (secondary N) is 2. The molecule has 4 rings (SSSR count). The first-order chi connectivity index (χ1) is 11.7. The van der Waals surface area contributed by atoms with Crippen LogP contribution in [0, 0.1) is 0 Å². The van der Waals surface area contributed by atoms with Crippen molar-refractivity contribution in [3.8, 4) is 0 Å². The van der Waals surface area contributed by atoms with E-state index in [-0.39, 0.29) is 11.8 Å². The summed E-state index contributed by atoms with van der Waals surface area (Å²) in [6, 6.07) is 5.73. The summed E-state index contributed by atoms with van der Waals surface area (Å²) in [7, 11) is 0. The normalized spacial score (nSPS) is 18.8. The van der Waals surface area contributed by atoms with Crippen molar-refractivity contribution in [1.29, 1.82) is 0 Å². The number of carbonyl (C=O) groups is 2. The van der Waals surface area contributed by atoms with Crippen molar-refractivity contribution >= 4 is 22.8 Å². The predicted molar refractivity (Wildman–Crippen MR) is 87.4 cm³/mol. The third-order valence-corrected chi connectivity index (χ3v) is 4.53. The van der Waals surface area contributed by atoms with Crippen molar-refractivity contribution in [2.75, 3.05) is 32.7 Å². The van der Waals surface area contributed by atoms with E-state index in [0.29, 0.717) is 36.8 Å². The van der Waals surface area contributed by atoms with Crippen molar-refractivity contribution in [2.45, 2.75) is 18.9 Å². The van der Waals surface area contributed by atoms with Gasteiger partial charge in [-0.15, -0.1) is 0 Å². The fraction of sp³-hybridized carbons (Fsp3) is 0.500. The van der Waals surface area contributed by atoms with E-state index >= 15 is 0 Å². The molecule has 8 heteroatoms. The second-order valence-electron chi connectivity index (χ2n) is 6.44. The molecule has 2 fully saturated rings. The number of rotatable bonds is 4. The average molecular weight is 328 g/mol. The summed E-state index contributed by atoms with van der Waals surface area (Å²) >= 11 is 0. The van der Waals surface area contributed by atoms with Gasteiger partial charge in [-0.3, -0.25) is 14.5 Å². The molecular formula is C16H20N6O2. The molecule has 24 heavy (non-hydrogen) atoms. The number of aromatic nitrogens is 3. The SMILES string of the molecule is O=C(CN1CCN(C(=O)c2ccc3n[nH]nc3c2)CC1)NC1CC1. The van der Waals surface area contributed by atoms with Crippen molar-refractivity contribution < 1.29 is 9.59 Å². The Morgan fingerprint density at radius 2 is 1.88 bits per heavy atom. The van der Waals surface area contributed by atoms with E-state index in [4.69, 9.17) is 0 Å². The van der Waals surface area contributed by atoms with Gasteiger partial charge in [-0.2, -0.15) is 15.4 Å². The average Bonchev–Trinajstić information content (AvgIpc) is 3.27. The van der Waals surface area contributed by atoms with Gasteiger partial charge in [-0.1, -0.05) is 0 Å². The first kappa shape index (κ1) is 15.1. The number of aromatic amines is 1.